The van der Waals surface area contributed by atoms with E-state index in [0.717, 1.165) is 24.5 Å². The largest absolute Gasteiger partial charge is 0.383 e. The van der Waals surface area contributed by atoms with Gasteiger partial charge in [-0.15, -0.1) is 0 Å². The number of rotatable bonds is 5. The zero-order valence-corrected chi connectivity index (χ0v) is 10.8. The molecule has 0 saturated heterocycles. The molecule has 1 aliphatic carbocycles. The van der Waals surface area contributed by atoms with Crippen molar-refractivity contribution in [3.05, 3.63) is 0 Å². The van der Waals surface area contributed by atoms with Crippen LogP contribution in [0.2, 0.25) is 0 Å². The Morgan fingerprint density at radius 3 is 2.73 bits per heavy atom. The average molecular weight is 213 g/mol. The van der Waals surface area contributed by atoms with E-state index >= 15 is 0 Å². The third-order valence-electron chi connectivity index (χ3n) is 3.68. The van der Waals surface area contributed by atoms with E-state index in [1.54, 1.807) is 7.11 Å². The van der Waals surface area contributed by atoms with Gasteiger partial charge in [0, 0.05) is 19.2 Å². The van der Waals surface area contributed by atoms with E-state index in [9.17, 15) is 0 Å². The van der Waals surface area contributed by atoms with Gasteiger partial charge >= 0.3 is 0 Å². The highest BCUT2D eigenvalue weighted by Gasteiger charge is 2.27. The Hall–Kier alpha value is -0.0800. The van der Waals surface area contributed by atoms with E-state index in [4.69, 9.17) is 4.74 Å². The average Bonchev–Trinajstić information content (AvgIpc) is 2.21. The number of nitrogens with one attached hydrogen (secondary N) is 1. The quantitative estimate of drug-likeness (QED) is 0.758. The highest BCUT2D eigenvalue weighted by atomic mass is 16.5. The monoisotopic (exact) mass is 213 g/mol. The molecule has 1 rings (SSSR count). The smallest absolute Gasteiger partial charge is 0.0613 e. The molecule has 90 valence electrons. The fourth-order valence-electron chi connectivity index (χ4n) is 2.83. The van der Waals surface area contributed by atoms with Crippen molar-refractivity contribution in [1.29, 1.82) is 0 Å². The van der Waals surface area contributed by atoms with Crippen LogP contribution >= 0.6 is 0 Å². The molecule has 0 aromatic carbocycles. The van der Waals surface area contributed by atoms with E-state index in [1.165, 1.54) is 25.7 Å². The zero-order valence-electron chi connectivity index (χ0n) is 10.8. The normalized spacial score (nSPS) is 34.0. The lowest BCUT2D eigenvalue weighted by Crippen LogP contribution is -2.45. The molecule has 4 unspecified atom stereocenters. The number of methoxy groups -OCH3 is 1. The Morgan fingerprint density at radius 2 is 2.13 bits per heavy atom. The van der Waals surface area contributed by atoms with Crippen LogP contribution < -0.4 is 5.32 Å². The summed E-state index contributed by atoms with van der Waals surface area (Å²) in [5.41, 5.74) is 0. The maximum Gasteiger partial charge on any atom is 0.0613 e. The molecule has 0 aromatic rings. The fourth-order valence-corrected chi connectivity index (χ4v) is 2.83. The third kappa shape index (κ3) is 4.12. The molecular weight excluding hydrogens is 186 g/mol. The van der Waals surface area contributed by atoms with Crippen molar-refractivity contribution < 1.29 is 4.74 Å². The summed E-state index contributed by atoms with van der Waals surface area (Å²) in [5, 5.41) is 3.72. The molecular formula is C13H27NO. The summed E-state index contributed by atoms with van der Waals surface area (Å²) >= 11 is 0. The van der Waals surface area contributed by atoms with Gasteiger partial charge in [-0.05, 0) is 38.0 Å². The van der Waals surface area contributed by atoms with Crippen LogP contribution in [0.4, 0.5) is 0 Å². The fraction of sp³-hybridized carbons (Fsp3) is 1.00. The van der Waals surface area contributed by atoms with Gasteiger partial charge in [-0.25, -0.2) is 0 Å². The summed E-state index contributed by atoms with van der Waals surface area (Å²) in [7, 11) is 1.78. The molecule has 0 aromatic heterocycles. The van der Waals surface area contributed by atoms with Gasteiger partial charge in [0.2, 0.25) is 0 Å². The molecule has 0 amide bonds. The Balaban J connectivity index is 2.38. The predicted octanol–water partition coefficient (Wildman–Crippen LogP) is 2.83. The molecule has 1 N–H and O–H groups in total. The lowest BCUT2D eigenvalue weighted by molar-refractivity contribution is 0.140. The molecule has 0 heterocycles. The van der Waals surface area contributed by atoms with Gasteiger partial charge in [0.25, 0.3) is 0 Å². The van der Waals surface area contributed by atoms with Gasteiger partial charge in [-0.1, -0.05) is 20.3 Å². The molecule has 1 fully saturated rings. The van der Waals surface area contributed by atoms with Gasteiger partial charge in [-0.3, -0.25) is 0 Å². The molecule has 0 bridgehead atoms. The molecule has 2 heteroatoms. The van der Waals surface area contributed by atoms with Gasteiger partial charge in [0.1, 0.15) is 0 Å². The summed E-state index contributed by atoms with van der Waals surface area (Å²) in [5.74, 6) is 1.79. The first-order valence-corrected chi connectivity index (χ1v) is 6.42. The highest BCUT2D eigenvalue weighted by molar-refractivity contribution is 4.84. The second kappa shape index (κ2) is 6.49. The van der Waals surface area contributed by atoms with E-state index in [2.05, 4.69) is 26.1 Å². The van der Waals surface area contributed by atoms with Crippen LogP contribution in [0.1, 0.15) is 46.5 Å². The first kappa shape index (κ1) is 13.0. The molecule has 0 radical (unpaired) electrons. The predicted molar refractivity (Wildman–Crippen MR) is 65.1 cm³/mol. The van der Waals surface area contributed by atoms with Crippen molar-refractivity contribution in [3.63, 3.8) is 0 Å². The highest BCUT2D eigenvalue weighted by Crippen LogP contribution is 2.31. The molecule has 2 nitrogen and oxygen atoms in total. The maximum atomic E-state index is 5.17. The van der Waals surface area contributed by atoms with Crippen LogP contribution in [0.5, 0.6) is 0 Å². The Morgan fingerprint density at radius 1 is 1.40 bits per heavy atom. The van der Waals surface area contributed by atoms with Crippen LogP contribution in [0.3, 0.4) is 0 Å². The third-order valence-corrected chi connectivity index (χ3v) is 3.68. The molecule has 1 saturated carbocycles. The van der Waals surface area contributed by atoms with Crippen LogP contribution in [-0.2, 0) is 4.74 Å². The molecule has 4 atom stereocenters. The number of ether oxygens (including phenoxy) is 1. The molecule has 0 aliphatic heterocycles. The first-order chi connectivity index (χ1) is 7.17. The van der Waals surface area contributed by atoms with Crippen LogP contribution in [0, 0.1) is 11.8 Å². The van der Waals surface area contributed by atoms with Crippen molar-refractivity contribution in [1.82, 2.24) is 5.32 Å². The van der Waals surface area contributed by atoms with Gasteiger partial charge < -0.3 is 10.1 Å². The lowest BCUT2D eigenvalue weighted by atomic mass is 9.77. The second-order valence-electron chi connectivity index (χ2n) is 5.22. The van der Waals surface area contributed by atoms with E-state index < -0.39 is 0 Å². The Bertz CT molecular complexity index is 172. The Labute approximate surface area is 94.8 Å². The van der Waals surface area contributed by atoms with Crippen molar-refractivity contribution in [2.24, 2.45) is 11.8 Å². The number of hydrogen-bond donors (Lipinski definition) is 1. The minimum atomic E-state index is 0.488. The van der Waals surface area contributed by atoms with Crippen LogP contribution in [0.25, 0.3) is 0 Å². The van der Waals surface area contributed by atoms with Gasteiger partial charge in [-0.2, -0.15) is 0 Å². The topological polar surface area (TPSA) is 21.3 Å². The SMILES string of the molecule is CCC1CC(C)CCC1NC(C)COC. The van der Waals surface area contributed by atoms with Crippen molar-refractivity contribution >= 4 is 0 Å². The molecule has 0 spiro atoms. The van der Waals surface area contributed by atoms with Crippen molar-refractivity contribution in [2.75, 3.05) is 13.7 Å². The summed E-state index contributed by atoms with van der Waals surface area (Å²) in [6.07, 6.45) is 5.43. The summed E-state index contributed by atoms with van der Waals surface area (Å²) in [6.45, 7) is 7.74. The van der Waals surface area contributed by atoms with E-state index in [0.29, 0.717) is 6.04 Å². The second-order valence-corrected chi connectivity index (χ2v) is 5.22. The minimum absolute atomic E-state index is 0.488. The van der Waals surface area contributed by atoms with Crippen molar-refractivity contribution in [2.45, 2.75) is 58.5 Å². The standard InChI is InChI=1S/C13H27NO/c1-5-12-8-10(2)6-7-13(12)14-11(3)9-15-4/h10-14H,5-9H2,1-4H3. The van der Waals surface area contributed by atoms with Gasteiger partial charge in [0.05, 0.1) is 6.61 Å². The van der Waals surface area contributed by atoms with Crippen LogP contribution in [0.15, 0.2) is 0 Å². The zero-order chi connectivity index (χ0) is 11.3. The Kier molecular flexibility index (Phi) is 5.62. The number of hydrogen-bond acceptors (Lipinski definition) is 2. The van der Waals surface area contributed by atoms with E-state index in [1.807, 2.05) is 0 Å². The van der Waals surface area contributed by atoms with Crippen molar-refractivity contribution in [3.8, 4) is 0 Å². The first-order valence-electron chi connectivity index (χ1n) is 6.42. The summed E-state index contributed by atoms with van der Waals surface area (Å²) in [6, 6.07) is 1.21. The van der Waals surface area contributed by atoms with Crippen LogP contribution in [-0.4, -0.2) is 25.8 Å². The maximum absolute atomic E-state index is 5.17. The molecule has 15 heavy (non-hydrogen) atoms. The lowest BCUT2D eigenvalue weighted by Gasteiger charge is -2.36. The summed E-state index contributed by atoms with van der Waals surface area (Å²) < 4.78 is 5.17. The summed E-state index contributed by atoms with van der Waals surface area (Å²) in [4.78, 5) is 0. The van der Waals surface area contributed by atoms with E-state index in [-0.39, 0.29) is 0 Å². The molecule has 1 aliphatic rings. The van der Waals surface area contributed by atoms with Gasteiger partial charge in [0.15, 0.2) is 0 Å². The minimum Gasteiger partial charge on any atom is -0.383 e.